The van der Waals surface area contributed by atoms with Crippen molar-refractivity contribution in [1.29, 1.82) is 0 Å². The second kappa shape index (κ2) is 7.84. The number of hydrogen-bond acceptors (Lipinski definition) is 3. The van der Waals surface area contributed by atoms with E-state index in [9.17, 15) is 0 Å². The van der Waals surface area contributed by atoms with Gasteiger partial charge >= 0.3 is 0 Å². The molecule has 1 aliphatic heterocycles. The smallest absolute Gasteiger partial charge is 0.136 e. The van der Waals surface area contributed by atoms with Gasteiger partial charge in [0.15, 0.2) is 0 Å². The van der Waals surface area contributed by atoms with Gasteiger partial charge in [-0.2, -0.15) is 0 Å². The normalized spacial score (nSPS) is 14.5. The predicted molar refractivity (Wildman–Crippen MR) is 99.9 cm³/mol. The van der Waals surface area contributed by atoms with Crippen molar-refractivity contribution < 1.29 is 4.74 Å². The van der Waals surface area contributed by atoms with Gasteiger partial charge in [-0.25, -0.2) is 0 Å². The minimum absolute atomic E-state index is 0.744. The molecule has 2 aromatic rings. The summed E-state index contributed by atoms with van der Waals surface area (Å²) in [5.41, 5.74) is 0. The Bertz CT molecular complexity index is 638. The summed E-state index contributed by atoms with van der Waals surface area (Å²) in [4.78, 5) is 2.32. The van der Waals surface area contributed by atoms with Crippen LogP contribution < -0.4 is 4.74 Å². The van der Waals surface area contributed by atoms with E-state index in [2.05, 4.69) is 41.3 Å². The number of nitrogens with zero attached hydrogens (tertiary/aromatic N) is 1. The zero-order valence-electron chi connectivity index (χ0n) is 12.7. The van der Waals surface area contributed by atoms with Gasteiger partial charge in [0.05, 0.1) is 6.61 Å². The highest BCUT2D eigenvalue weighted by molar-refractivity contribution is 8.22. The highest BCUT2D eigenvalue weighted by Gasteiger charge is 2.14. The van der Waals surface area contributed by atoms with Gasteiger partial charge in [-0.05, 0) is 42.2 Å². The van der Waals surface area contributed by atoms with Gasteiger partial charge in [-0.15, -0.1) is 0 Å². The van der Waals surface area contributed by atoms with Crippen LogP contribution in [0.3, 0.4) is 0 Å². The van der Waals surface area contributed by atoms with Gasteiger partial charge in [-0.3, -0.25) is 0 Å². The molecule has 2 aromatic carbocycles. The Kier molecular flexibility index (Phi) is 5.57. The molecule has 1 saturated heterocycles. The van der Waals surface area contributed by atoms with E-state index in [1.165, 1.54) is 23.6 Å². The number of ether oxygens (including phenoxy) is 1. The maximum Gasteiger partial charge on any atom is 0.136 e. The molecular formula is C18H21NOS2. The first-order chi connectivity index (χ1) is 10.8. The maximum atomic E-state index is 5.85. The summed E-state index contributed by atoms with van der Waals surface area (Å²) in [7, 11) is 0. The van der Waals surface area contributed by atoms with Crippen molar-refractivity contribution in [2.24, 2.45) is 0 Å². The highest BCUT2D eigenvalue weighted by atomic mass is 32.2. The van der Waals surface area contributed by atoms with Crippen LogP contribution in [0.15, 0.2) is 42.5 Å². The van der Waals surface area contributed by atoms with Gasteiger partial charge in [0.2, 0.25) is 0 Å². The molecule has 3 rings (SSSR count). The quantitative estimate of drug-likeness (QED) is 0.580. The van der Waals surface area contributed by atoms with Gasteiger partial charge in [0.1, 0.15) is 10.1 Å². The lowest BCUT2D eigenvalue weighted by Crippen LogP contribution is -2.23. The monoisotopic (exact) mass is 331 g/mol. The van der Waals surface area contributed by atoms with Crippen molar-refractivity contribution in [3.63, 3.8) is 0 Å². The molecule has 116 valence electrons. The number of hydrogen-bond donors (Lipinski definition) is 0. The lowest BCUT2D eigenvalue weighted by molar-refractivity contribution is 0.319. The Morgan fingerprint density at radius 2 is 1.86 bits per heavy atom. The molecular weight excluding hydrogens is 310 g/mol. The third kappa shape index (κ3) is 4.14. The molecule has 0 aliphatic carbocycles. The Balaban J connectivity index is 1.39. The first kappa shape index (κ1) is 15.6. The summed E-state index contributed by atoms with van der Waals surface area (Å²) in [5.74, 6) is 1.98. The van der Waals surface area contributed by atoms with Crippen LogP contribution in [-0.2, 0) is 0 Å². The highest BCUT2D eigenvalue weighted by Crippen LogP contribution is 2.21. The number of rotatable bonds is 5. The Morgan fingerprint density at radius 3 is 2.68 bits per heavy atom. The molecule has 1 aliphatic rings. The fourth-order valence-corrected chi connectivity index (χ4v) is 3.89. The van der Waals surface area contributed by atoms with Crippen LogP contribution >= 0.6 is 24.0 Å². The minimum Gasteiger partial charge on any atom is -0.494 e. The topological polar surface area (TPSA) is 12.5 Å². The van der Waals surface area contributed by atoms with E-state index in [-0.39, 0.29) is 0 Å². The summed E-state index contributed by atoms with van der Waals surface area (Å²) < 4.78 is 6.91. The molecule has 0 bridgehead atoms. The van der Waals surface area contributed by atoms with E-state index in [4.69, 9.17) is 17.0 Å². The summed E-state index contributed by atoms with van der Waals surface area (Å²) in [6.45, 7) is 3.02. The van der Waals surface area contributed by atoms with Gasteiger partial charge in [-0.1, -0.05) is 54.3 Å². The van der Waals surface area contributed by atoms with Crippen molar-refractivity contribution in [3.05, 3.63) is 42.5 Å². The molecule has 1 fully saturated rings. The molecule has 0 amide bonds. The van der Waals surface area contributed by atoms with E-state index in [0.29, 0.717) is 0 Å². The van der Waals surface area contributed by atoms with Crippen molar-refractivity contribution in [1.82, 2.24) is 4.90 Å². The van der Waals surface area contributed by atoms with E-state index >= 15 is 0 Å². The second-order valence-corrected chi connectivity index (χ2v) is 7.25. The second-order valence-electron chi connectivity index (χ2n) is 5.52. The van der Waals surface area contributed by atoms with Crippen molar-refractivity contribution in [3.8, 4) is 5.75 Å². The molecule has 0 radical (unpaired) electrons. The zero-order chi connectivity index (χ0) is 15.2. The molecule has 2 nitrogen and oxygen atoms in total. The minimum atomic E-state index is 0.744. The molecule has 4 heteroatoms. The van der Waals surface area contributed by atoms with Crippen molar-refractivity contribution >= 4 is 39.1 Å². The average molecular weight is 332 g/mol. The molecule has 0 atom stereocenters. The number of thiocarbonyl (C=S) groups is 1. The molecule has 0 N–H and O–H groups in total. The molecule has 0 saturated carbocycles. The predicted octanol–water partition coefficient (Wildman–Crippen LogP) is 4.72. The molecule has 0 spiro atoms. The van der Waals surface area contributed by atoms with Crippen LogP contribution in [0.2, 0.25) is 0 Å². The van der Waals surface area contributed by atoms with Crippen LogP contribution in [0.5, 0.6) is 5.75 Å². The Labute approximate surface area is 141 Å². The van der Waals surface area contributed by atoms with Crippen LogP contribution in [0.4, 0.5) is 0 Å². The first-order valence-corrected chi connectivity index (χ1v) is 9.26. The molecule has 0 aromatic heterocycles. The molecule has 22 heavy (non-hydrogen) atoms. The van der Waals surface area contributed by atoms with Crippen LogP contribution in [0.1, 0.15) is 19.3 Å². The van der Waals surface area contributed by atoms with E-state index in [0.717, 1.165) is 41.9 Å². The summed E-state index contributed by atoms with van der Waals surface area (Å²) in [6, 6.07) is 14.6. The fraction of sp³-hybridized carbons (Fsp3) is 0.389. The van der Waals surface area contributed by atoms with Crippen LogP contribution in [-0.4, -0.2) is 34.7 Å². The third-order valence-electron chi connectivity index (χ3n) is 3.87. The molecule has 1 heterocycles. The Hall–Kier alpha value is -1.26. The van der Waals surface area contributed by atoms with Gasteiger partial charge in [0, 0.05) is 18.8 Å². The largest absolute Gasteiger partial charge is 0.494 e. The fourth-order valence-electron chi connectivity index (χ4n) is 2.66. The average Bonchev–Trinajstić information content (AvgIpc) is 3.09. The van der Waals surface area contributed by atoms with E-state index in [1.54, 1.807) is 11.8 Å². The summed E-state index contributed by atoms with van der Waals surface area (Å²) in [5, 5.41) is 2.48. The zero-order valence-corrected chi connectivity index (χ0v) is 14.3. The lowest BCUT2D eigenvalue weighted by Gasteiger charge is -2.17. The SMILES string of the molecule is S=C(SCCCOc1ccc2ccccc2c1)N1CCCC1. The maximum absolute atomic E-state index is 5.85. The van der Waals surface area contributed by atoms with Gasteiger partial charge in [0.25, 0.3) is 0 Å². The molecule has 0 unspecified atom stereocenters. The van der Waals surface area contributed by atoms with Crippen LogP contribution in [0, 0.1) is 0 Å². The summed E-state index contributed by atoms with van der Waals surface area (Å²) in [6.07, 6.45) is 3.59. The van der Waals surface area contributed by atoms with E-state index < -0.39 is 0 Å². The van der Waals surface area contributed by atoms with Gasteiger partial charge < -0.3 is 9.64 Å². The summed E-state index contributed by atoms with van der Waals surface area (Å²) >= 11 is 7.25. The third-order valence-corrected chi connectivity index (χ3v) is 5.48. The first-order valence-electron chi connectivity index (χ1n) is 7.86. The van der Waals surface area contributed by atoms with E-state index in [1.807, 2.05) is 6.07 Å². The van der Waals surface area contributed by atoms with Crippen molar-refractivity contribution in [2.45, 2.75) is 19.3 Å². The number of fused-ring (bicyclic) bond motifs is 1. The number of benzene rings is 2. The van der Waals surface area contributed by atoms with Crippen molar-refractivity contribution in [2.75, 3.05) is 25.4 Å². The number of thioether (sulfide) groups is 1. The van der Waals surface area contributed by atoms with Crippen LogP contribution in [0.25, 0.3) is 10.8 Å². The standard InChI is InChI=1S/C18H21NOS2/c21-18(19-10-3-4-11-19)22-13-5-12-20-17-9-8-15-6-1-2-7-16(15)14-17/h1-2,6-9,14H,3-5,10-13H2. The Morgan fingerprint density at radius 1 is 1.09 bits per heavy atom. The lowest BCUT2D eigenvalue weighted by atomic mass is 10.1. The number of likely N-dealkylation sites (tertiary alicyclic amines) is 1.